The summed E-state index contributed by atoms with van der Waals surface area (Å²) in [5.41, 5.74) is 0.324. The van der Waals surface area contributed by atoms with Crippen molar-refractivity contribution in [3.8, 4) is 0 Å². The van der Waals surface area contributed by atoms with Gasteiger partial charge in [0.05, 0.1) is 17.9 Å². The Hall–Kier alpha value is -1.12. The lowest BCUT2D eigenvalue weighted by molar-refractivity contribution is -0.117. The highest BCUT2D eigenvalue weighted by Gasteiger charge is 2.35. The summed E-state index contributed by atoms with van der Waals surface area (Å²) in [6.07, 6.45) is 0.103. The van der Waals surface area contributed by atoms with Gasteiger partial charge in [-0.05, 0) is 18.4 Å². The molecule has 1 aromatic rings. The summed E-state index contributed by atoms with van der Waals surface area (Å²) in [6.45, 7) is 2.18. The number of carbonyl (C=O) groups excluding carboxylic acids is 2. The molecule has 0 radical (unpaired) electrons. The molecular weight excluding hydrogens is 338 g/mol. The van der Waals surface area contributed by atoms with Gasteiger partial charge in [0.25, 0.3) is 0 Å². The Bertz CT molecular complexity index is 654. The second-order valence-electron chi connectivity index (χ2n) is 4.64. The lowest BCUT2D eigenvalue weighted by atomic mass is 10.1. The molecule has 1 saturated heterocycles. The van der Waals surface area contributed by atoms with Crippen molar-refractivity contribution in [1.82, 2.24) is 0 Å². The first-order chi connectivity index (χ1) is 9.81. The molecule has 0 N–H and O–H groups in total. The monoisotopic (exact) mass is 351 g/mol. The lowest BCUT2D eigenvalue weighted by Gasteiger charge is -2.16. The fourth-order valence-corrected chi connectivity index (χ4v) is 4.48. The number of thiophene rings is 1. The zero-order valence-electron chi connectivity index (χ0n) is 11.2. The van der Waals surface area contributed by atoms with Gasteiger partial charge in [-0.25, -0.2) is 13.2 Å². The first-order valence-corrected chi connectivity index (χ1v) is 9.65. The number of hydrogen-bond donors (Lipinski definition) is 0. The Labute approximate surface area is 131 Å². The van der Waals surface area contributed by atoms with E-state index in [9.17, 15) is 18.0 Å². The van der Waals surface area contributed by atoms with Crippen LogP contribution in [0.3, 0.4) is 0 Å². The van der Waals surface area contributed by atoms with Crippen molar-refractivity contribution in [2.75, 3.05) is 23.8 Å². The van der Waals surface area contributed by atoms with E-state index in [0.717, 1.165) is 0 Å². The highest BCUT2D eigenvalue weighted by Crippen LogP contribution is 2.34. The number of hydrogen-bond acceptors (Lipinski definition) is 6. The highest BCUT2D eigenvalue weighted by molar-refractivity contribution is 8.13. The van der Waals surface area contributed by atoms with Gasteiger partial charge < -0.3 is 9.64 Å². The van der Waals surface area contributed by atoms with E-state index in [4.69, 9.17) is 15.4 Å². The van der Waals surface area contributed by atoms with Crippen LogP contribution in [-0.2, 0) is 18.6 Å². The summed E-state index contributed by atoms with van der Waals surface area (Å²) in [5, 5.41) is 2.19. The average molecular weight is 352 g/mol. The maximum Gasteiger partial charge on any atom is 0.341 e. The Morgan fingerprint density at radius 3 is 2.90 bits per heavy atom. The third-order valence-corrected chi connectivity index (χ3v) is 5.21. The number of anilines is 1. The van der Waals surface area contributed by atoms with Gasteiger partial charge in [-0.3, -0.25) is 4.79 Å². The average Bonchev–Trinajstić information content (AvgIpc) is 2.93. The predicted molar refractivity (Wildman–Crippen MR) is 80.4 cm³/mol. The SMILES string of the molecule is CCOC(=O)c1ccsc1N1CC(CS(=O)(=O)Cl)CC1=O. The van der Waals surface area contributed by atoms with E-state index in [2.05, 4.69) is 0 Å². The molecule has 1 fully saturated rings. The normalized spacial score (nSPS) is 19.0. The molecule has 6 nitrogen and oxygen atoms in total. The molecule has 1 aromatic heterocycles. The van der Waals surface area contributed by atoms with Crippen LogP contribution in [0.4, 0.5) is 5.00 Å². The largest absolute Gasteiger partial charge is 0.462 e. The van der Waals surface area contributed by atoms with Gasteiger partial charge in [0, 0.05) is 29.6 Å². The number of nitrogens with zero attached hydrogens (tertiary/aromatic N) is 1. The van der Waals surface area contributed by atoms with Crippen molar-refractivity contribution < 1.29 is 22.7 Å². The minimum absolute atomic E-state index is 0.103. The van der Waals surface area contributed by atoms with Crippen LogP contribution in [0.5, 0.6) is 0 Å². The van der Waals surface area contributed by atoms with Gasteiger partial charge in [0.2, 0.25) is 15.0 Å². The molecule has 1 aliphatic rings. The van der Waals surface area contributed by atoms with Crippen LogP contribution < -0.4 is 4.90 Å². The van der Waals surface area contributed by atoms with Crippen molar-refractivity contribution >= 4 is 47.9 Å². The summed E-state index contributed by atoms with van der Waals surface area (Å²) in [6, 6.07) is 1.59. The molecular formula is C12H14ClNO5S2. The molecule has 1 unspecified atom stereocenters. The standard InChI is InChI=1S/C12H14ClNO5S2/c1-2-19-12(16)9-3-4-20-11(9)14-6-8(5-10(14)15)7-21(13,17)18/h3-4,8H,2,5-7H2,1H3. The van der Waals surface area contributed by atoms with Crippen molar-refractivity contribution in [2.45, 2.75) is 13.3 Å². The smallest absolute Gasteiger partial charge is 0.341 e. The zero-order chi connectivity index (χ0) is 15.6. The first kappa shape index (κ1) is 16.3. The Morgan fingerprint density at radius 1 is 1.57 bits per heavy atom. The van der Waals surface area contributed by atoms with Crippen molar-refractivity contribution in [3.63, 3.8) is 0 Å². The first-order valence-electron chi connectivity index (χ1n) is 6.29. The molecule has 116 valence electrons. The second-order valence-corrected chi connectivity index (χ2v) is 8.36. The molecule has 21 heavy (non-hydrogen) atoms. The fourth-order valence-electron chi connectivity index (χ4n) is 2.25. The molecule has 9 heteroatoms. The minimum Gasteiger partial charge on any atom is -0.462 e. The quantitative estimate of drug-likeness (QED) is 0.597. The van der Waals surface area contributed by atoms with Crippen LogP contribution in [0.1, 0.15) is 23.7 Å². The van der Waals surface area contributed by atoms with E-state index >= 15 is 0 Å². The molecule has 2 heterocycles. The van der Waals surface area contributed by atoms with Gasteiger partial charge in [0.1, 0.15) is 5.00 Å². The van der Waals surface area contributed by atoms with Crippen LogP contribution in [-0.4, -0.2) is 39.2 Å². The second kappa shape index (κ2) is 6.33. The minimum atomic E-state index is -3.65. The van der Waals surface area contributed by atoms with E-state index in [0.29, 0.717) is 10.6 Å². The van der Waals surface area contributed by atoms with Crippen LogP contribution in [0.25, 0.3) is 0 Å². The summed E-state index contributed by atoms with van der Waals surface area (Å²) < 4.78 is 27.2. The maximum atomic E-state index is 12.0. The topological polar surface area (TPSA) is 80.8 Å². The van der Waals surface area contributed by atoms with Crippen LogP contribution in [0.15, 0.2) is 11.4 Å². The van der Waals surface area contributed by atoms with E-state index in [1.165, 1.54) is 16.2 Å². The molecule has 1 aliphatic heterocycles. The molecule has 1 amide bonds. The van der Waals surface area contributed by atoms with Crippen LogP contribution >= 0.6 is 22.0 Å². The van der Waals surface area contributed by atoms with E-state index in [-0.39, 0.29) is 37.2 Å². The van der Waals surface area contributed by atoms with E-state index in [1.807, 2.05) is 0 Å². The molecule has 0 spiro atoms. The molecule has 0 aromatic carbocycles. The van der Waals surface area contributed by atoms with Gasteiger partial charge in [-0.15, -0.1) is 11.3 Å². The molecule has 0 aliphatic carbocycles. The van der Waals surface area contributed by atoms with Crippen molar-refractivity contribution in [2.24, 2.45) is 5.92 Å². The molecule has 0 saturated carbocycles. The fraction of sp³-hybridized carbons (Fsp3) is 0.500. The molecule has 1 atom stereocenters. The highest BCUT2D eigenvalue weighted by atomic mass is 35.7. The molecule has 2 rings (SSSR count). The predicted octanol–water partition coefficient (Wildman–Crippen LogP) is 1.85. The number of rotatable bonds is 5. The summed E-state index contributed by atoms with van der Waals surface area (Å²) in [7, 11) is 1.57. The van der Waals surface area contributed by atoms with Crippen molar-refractivity contribution in [1.29, 1.82) is 0 Å². The Balaban J connectivity index is 2.18. The van der Waals surface area contributed by atoms with Crippen LogP contribution in [0, 0.1) is 5.92 Å². The van der Waals surface area contributed by atoms with Gasteiger partial charge in [0.15, 0.2) is 0 Å². The summed E-state index contributed by atoms with van der Waals surface area (Å²) in [5.74, 6) is -1.32. The van der Waals surface area contributed by atoms with Crippen molar-refractivity contribution in [3.05, 3.63) is 17.0 Å². The van der Waals surface area contributed by atoms with Gasteiger partial charge in [-0.2, -0.15) is 0 Å². The van der Waals surface area contributed by atoms with E-state index < -0.39 is 15.0 Å². The van der Waals surface area contributed by atoms with Gasteiger partial charge in [-0.1, -0.05) is 0 Å². The number of esters is 1. The number of ether oxygens (including phenoxy) is 1. The third-order valence-electron chi connectivity index (χ3n) is 3.03. The lowest BCUT2D eigenvalue weighted by Crippen LogP contribution is -2.26. The Kier molecular flexibility index (Phi) is 4.90. The maximum absolute atomic E-state index is 12.0. The summed E-state index contributed by atoms with van der Waals surface area (Å²) >= 11 is 1.25. The number of carbonyl (C=O) groups is 2. The third kappa shape index (κ3) is 3.96. The molecule has 0 bridgehead atoms. The van der Waals surface area contributed by atoms with E-state index in [1.54, 1.807) is 18.4 Å². The zero-order valence-corrected chi connectivity index (χ0v) is 13.6. The van der Waals surface area contributed by atoms with Gasteiger partial charge >= 0.3 is 5.97 Å². The summed E-state index contributed by atoms with van der Waals surface area (Å²) in [4.78, 5) is 25.3. The number of amides is 1. The van der Waals surface area contributed by atoms with Crippen LogP contribution in [0.2, 0.25) is 0 Å². The number of halogens is 1. The Morgan fingerprint density at radius 2 is 2.29 bits per heavy atom.